The Morgan fingerprint density at radius 2 is 1.57 bits per heavy atom. The van der Waals surface area contributed by atoms with Crippen molar-refractivity contribution in [2.24, 2.45) is 9.98 Å². The lowest BCUT2D eigenvalue weighted by Crippen LogP contribution is -2.46. The van der Waals surface area contributed by atoms with Gasteiger partial charge in [-0.3, -0.25) is 0 Å². The summed E-state index contributed by atoms with van der Waals surface area (Å²) in [5.41, 5.74) is 8.22. The Kier molecular flexibility index (Phi) is 6.84. The van der Waals surface area contributed by atoms with Crippen molar-refractivity contribution in [2.45, 2.75) is 39.2 Å². The molecule has 0 fully saturated rings. The Hall–Kier alpha value is -4.68. The van der Waals surface area contributed by atoms with Crippen molar-refractivity contribution in [3.8, 4) is 5.69 Å². The van der Waals surface area contributed by atoms with E-state index in [4.69, 9.17) is 26.7 Å². The van der Waals surface area contributed by atoms with Crippen LogP contribution in [0.15, 0.2) is 113 Å². The van der Waals surface area contributed by atoms with Gasteiger partial charge >= 0.3 is 0 Å². The maximum atomic E-state index is 6.35. The molecule has 0 spiro atoms. The predicted octanol–water partition coefficient (Wildman–Crippen LogP) is 8.97. The van der Waals surface area contributed by atoms with Gasteiger partial charge in [0.05, 0.1) is 28.8 Å². The van der Waals surface area contributed by atoms with E-state index in [1.54, 1.807) is 0 Å². The molecule has 6 nitrogen and oxygen atoms in total. The van der Waals surface area contributed by atoms with Gasteiger partial charge in [-0.2, -0.15) is 5.10 Å². The van der Waals surface area contributed by atoms with Gasteiger partial charge in [0.2, 0.25) is 0 Å². The molecule has 42 heavy (non-hydrogen) atoms. The van der Waals surface area contributed by atoms with E-state index < -0.39 is 0 Å². The molecule has 0 unspecified atom stereocenters. The van der Waals surface area contributed by atoms with E-state index in [9.17, 15) is 0 Å². The number of fused-ring (bicyclic) bond motifs is 4. The monoisotopic (exact) mass is 570 g/mol. The topological polar surface area (TPSA) is 57.8 Å². The summed E-state index contributed by atoms with van der Waals surface area (Å²) in [6, 6.07) is 34.9. The summed E-state index contributed by atoms with van der Waals surface area (Å²) < 4.78 is 1.94. The predicted molar refractivity (Wildman–Crippen MR) is 173 cm³/mol. The highest BCUT2D eigenvalue weighted by Gasteiger charge is 2.41. The van der Waals surface area contributed by atoms with Crippen LogP contribution in [0.25, 0.3) is 5.69 Å². The molecule has 2 aliphatic heterocycles. The van der Waals surface area contributed by atoms with E-state index in [-0.39, 0.29) is 6.04 Å². The third-order valence-corrected chi connectivity index (χ3v) is 8.11. The smallest absolute Gasteiger partial charge is 0.179 e. The molecular formula is C35H31ClN6. The molecule has 2 aliphatic rings. The zero-order valence-corrected chi connectivity index (χ0v) is 24.4. The fourth-order valence-electron chi connectivity index (χ4n) is 5.78. The molecule has 7 rings (SSSR count). The number of anilines is 2. The number of halogens is 1. The van der Waals surface area contributed by atoms with Gasteiger partial charge in [0.1, 0.15) is 0 Å². The molecule has 1 atom stereocenters. The van der Waals surface area contributed by atoms with E-state index >= 15 is 0 Å². The molecule has 0 radical (unpaired) electrons. The molecule has 1 N–H and O–H groups in total. The van der Waals surface area contributed by atoms with Gasteiger partial charge in [-0.05, 0) is 79.4 Å². The molecule has 4 aromatic carbocycles. The lowest BCUT2D eigenvalue weighted by atomic mass is 9.93. The minimum Gasteiger partial charge on any atom is -0.337 e. The number of aliphatic imine (C=N–C) groups is 2. The number of unbranched alkanes of at least 4 members (excludes halogenated alkanes) is 1. The Morgan fingerprint density at radius 1 is 0.833 bits per heavy atom. The SMILES string of the molecule is CCCCc1ccc(NC2=Nc3ccccc3N3C2=Nc2c(c(C)nn2-c2ccccc2)[C@@H]3c2ccc(Cl)cc2)cc1. The Bertz CT molecular complexity index is 1800. The van der Waals surface area contributed by atoms with Crippen molar-refractivity contribution >= 4 is 46.2 Å². The lowest BCUT2D eigenvalue weighted by Gasteiger charge is -2.40. The van der Waals surface area contributed by atoms with Crippen LogP contribution in [0.4, 0.5) is 22.9 Å². The molecule has 0 aliphatic carbocycles. The second-order valence-electron chi connectivity index (χ2n) is 10.7. The van der Waals surface area contributed by atoms with Crippen molar-refractivity contribution < 1.29 is 0 Å². The Morgan fingerprint density at radius 3 is 2.33 bits per heavy atom. The van der Waals surface area contributed by atoms with Crippen LogP contribution in [0.1, 0.15) is 48.2 Å². The highest BCUT2D eigenvalue weighted by molar-refractivity contribution is 6.51. The number of benzene rings is 4. The van der Waals surface area contributed by atoms with Crippen molar-refractivity contribution in [3.05, 3.63) is 131 Å². The molecule has 0 bridgehead atoms. The summed E-state index contributed by atoms with van der Waals surface area (Å²) in [5, 5.41) is 9.32. The third-order valence-electron chi connectivity index (χ3n) is 7.86. The highest BCUT2D eigenvalue weighted by atomic mass is 35.5. The number of rotatable bonds is 6. The van der Waals surface area contributed by atoms with Crippen LogP contribution < -0.4 is 10.2 Å². The van der Waals surface area contributed by atoms with Crippen LogP contribution >= 0.6 is 11.6 Å². The zero-order chi connectivity index (χ0) is 28.6. The van der Waals surface area contributed by atoms with E-state index in [2.05, 4.69) is 84.7 Å². The fraction of sp³-hybridized carbons (Fsp3) is 0.171. The first-order valence-electron chi connectivity index (χ1n) is 14.4. The Labute approximate surface area is 251 Å². The maximum Gasteiger partial charge on any atom is 0.179 e. The first-order valence-corrected chi connectivity index (χ1v) is 14.8. The molecule has 208 valence electrons. The van der Waals surface area contributed by atoms with Gasteiger partial charge in [0, 0.05) is 16.3 Å². The largest absolute Gasteiger partial charge is 0.337 e. The van der Waals surface area contributed by atoms with E-state index in [1.165, 1.54) is 18.4 Å². The molecular weight excluding hydrogens is 540 g/mol. The van der Waals surface area contributed by atoms with Gasteiger partial charge in [-0.1, -0.05) is 79.5 Å². The first kappa shape index (κ1) is 26.2. The quantitative estimate of drug-likeness (QED) is 0.222. The van der Waals surface area contributed by atoms with Crippen molar-refractivity contribution in [1.29, 1.82) is 0 Å². The van der Waals surface area contributed by atoms with Crippen LogP contribution in [0.5, 0.6) is 0 Å². The standard InChI is InChI=1S/C35H31ClN6/c1-3-4-10-24-15-21-27(22-16-24)37-33-35-39-34-31(23(2)40-42(34)28-11-6-5-7-12-28)32(25-17-19-26(36)20-18-25)41(35)30-14-9-8-13-29(30)38-33/h5-9,11-22,32H,3-4,10H2,1-2H3,(H,37,38)/t32-/m0/s1. The number of aryl methyl sites for hydroxylation is 2. The number of hydrogen-bond donors (Lipinski definition) is 1. The number of nitrogens with zero attached hydrogens (tertiary/aromatic N) is 5. The van der Waals surface area contributed by atoms with Crippen LogP contribution in [0, 0.1) is 6.92 Å². The summed E-state index contributed by atoms with van der Waals surface area (Å²) in [4.78, 5) is 12.7. The minimum absolute atomic E-state index is 0.188. The third kappa shape index (κ3) is 4.68. The average molecular weight is 571 g/mol. The zero-order valence-electron chi connectivity index (χ0n) is 23.6. The van der Waals surface area contributed by atoms with E-state index in [0.717, 1.165) is 57.6 Å². The summed E-state index contributed by atoms with van der Waals surface area (Å²) in [7, 11) is 0. The maximum absolute atomic E-state index is 6.35. The number of hydrogen-bond acceptors (Lipinski definition) is 5. The minimum atomic E-state index is -0.188. The molecule has 0 saturated carbocycles. The van der Waals surface area contributed by atoms with Crippen molar-refractivity contribution in [3.63, 3.8) is 0 Å². The van der Waals surface area contributed by atoms with Gasteiger partial charge in [0.15, 0.2) is 17.5 Å². The summed E-state index contributed by atoms with van der Waals surface area (Å²) in [5.74, 6) is 2.24. The number of nitrogens with one attached hydrogen (secondary N) is 1. The summed E-state index contributed by atoms with van der Waals surface area (Å²) in [6.07, 6.45) is 3.45. The summed E-state index contributed by atoms with van der Waals surface area (Å²) in [6.45, 7) is 4.28. The van der Waals surface area contributed by atoms with Crippen LogP contribution in [0.3, 0.4) is 0 Å². The molecule has 1 aromatic heterocycles. The molecule has 3 heterocycles. The van der Waals surface area contributed by atoms with Gasteiger partial charge < -0.3 is 10.2 Å². The van der Waals surface area contributed by atoms with E-state index in [1.807, 2.05) is 47.1 Å². The highest BCUT2D eigenvalue weighted by Crippen LogP contribution is 2.48. The fourth-order valence-corrected chi connectivity index (χ4v) is 5.91. The second kappa shape index (κ2) is 11.0. The van der Waals surface area contributed by atoms with Crippen LogP contribution in [-0.2, 0) is 6.42 Å². The average Bonchev–Trinajstić information content (AvgIpc) is 3.36. The van der Waals surface area contributed by atoms with Crippen molar-refractivity contribution in [1.82, 2.24) is 9.78 Å². The lowest BCUT2D eigenvalue weighted by molar-refractivity contribution is 0.795. The number of para-hydroxylation sites is 3. The van der Waals surface area contributed by atoms with Gasteiger partial charge in [0.25, 0.3) is 0 Å². The van der Waals surface area contributed by atoms with Crippen molar-refractivity contribution in [2.75, 3.05) is 10.2 Å². The molecule has 5 aromatic rings. The number of amidine groups is 2. The summed E-state index contributed by atoms with van der Waals surface area (Å²) >= 11 is 6.35. The van der Waals surface area contributed by atoms with Crippen LogP contribution in [0.2, 0.25) is 5.02 Å². The van der Waals surface area contributed by atoms with Gasteiger partial charge in [-0.25, -0.2) is 14.7 Å². The Balaban J connectivity index is 1.41. The number of aromatic nitrogens is 2. The van der Waals surface area contributed by atoms with Crippen LogP contribution in [-0.4, -0.2) is 21.5 Å². The first-order chi connectivity index (χ1) is 20.6. The molecule has 0 saturated heterocycles. The normalized spacial score (nSPS) is 15.3. The molecule has 7 heteroatoms. The van der Waals surface area contributed by atoms with Gasteiger partial charge in [-0.15, -0.1) is 0 Å². The molecule has 0 amide bonds. The van der Waals surface area contributed by atoms with E-state index in [0.29, 0.717) is 10.9 Å². The second-order valence-corrected chi connectivity index (χ2v) is 11.1.